The predicted octanol–water partition coefficient (Wildman–Crippen LogP) is 3.08. The van der Waals surface area contributed by atoms with E-state index in [4.69, 9.17) is 4.74 Å². The van der Waals surface area contributed by atoms with E-state index in [1.54, 1.807) is 6.07 Å². The molecule has 1 unspecified atom stereocenters. The van der Waals surface area contributed by atoms with Gasteiger partial charge in [-0.1, -0.05) is 6.42 Å². The van der Waals surface area contributed by atoms with Crippen LogP contribution >= 0.6 is 0 Å². The van der Waals surface area contributed by atoms with Crippen LogP contribution in [0.2, 0.25) is 0 Å². The molecule has 0 spiro atoms. The van der Waals surface area contributed by atoms with Gasteiger partial charge in [0, 0.05) is 12.6 Å². The highest BCUT2D eigenvalue weighted by Gasteiger charge is 2.20. The maximum atomic E-state index is 13.6. The average molecular weight is 249 g/mol. The average Bonchev–Trinajstić information content (AvgIpc) is 2.79. The molecule has 1 aliphatic carbocycles. The zero-order chi connectivity index (χ0) is 12.4. The first-order chi connectivity index (χ1) is 8.81. The molecule has 1 atom stereocenters. The molecule has 18 heavy (non-hydrogen) atoms. The lowest BCUT2D eigenvalue weighted by Crippen LogP contribution is -2.19. The van der Waals surface area contributed by atoms with Gasteiger partial charge in [0.2, 0.25) is 0 Å². The molecule has 1 saturated carbocycles. The summed E-state index contributed by atoms with van der Waals surface area (Å²) in [6, 6.07) is 5.16. The van der Waals surface area contributed by atoms with Gasteiger partial charge in [-0.05, 0) is 55.3 Å². The number of nitrogens with one attached hydrogen (secondary N) is 1. The molecule has 98 valence electrons. The van der Waals surface area contributed by atoms with Gasteiger partial charge >= 0.3 is 0 Å². The van der Waals surface area contributed by atoms with Crippen LogP contribution in [0.1, 0.15) is 37.2 Å². The van der Waals surface area contributed by atoms with Crippen molar-refractivity contribution in [3.05, 3.63) is 29.6 Å². The molecule has 2 aliphatic rings. The zero-order valence-electron chi connectivity index (χ0n) is 10.6. The van der Waals surface area contributed by atoms with Crippen molar-refractivity contribution < 1.29 is 9.13 Å². The van der Waals surface area contributed by atoms with Gasteiger partial charge in [-0.2, -0.15) is 0 Å². The van der Waals surface area contributed by atoms with Crippen LogP contribution in [0.3, 0.4) is 0 Å². The SMILES string of the molecule is Fc1cc(OCC2CCC2)cc(C2CCNC2)c1. The Morgan fingerprint density at radius 2 is 2.11 bits per heavy atom. The molecule has 3 heteroatoms. The van der Waals surface area contributed by atoms with E-state index in [2.05, 4.69) is 5.32 Å². The third kappa shape index (κ3) is 2.66. The molecule has 1 aromatic carbocycles. The van der Waals surface area contributed by atoms with Crippen molar-refractivity contribution in [1.29, 1.82) is 0 Å². The molecule has 1 N–H and O–H groups in total. The Bertz CT molecular complexity index is 411. The summed E-state index contributed by atoms with van der Waals surface area (Å²) in [5.74, 6) is 1.64. The van der Waals surface area contributed by atoms with Crippen LogP contribution in [0.4, 0.5) is 4.39 Å². The van der Waals surface area contributed by atoms with Gasteiger partial charge in [0.25, 0.3) is 0 Å². The number of benzene rings is 1. The monoisotopic (exact) mass is 249 g/mol. The lowest BCUT2D eigenvalue weighted by molar-refractivity contribution is 0.180. The predicted molar refractivity (Wildman–Crippen MR) is 69.5 cm³/mol. The van der Waals surface area contributed by atoms with Crippen molar-refractivity contribution in [1.82, 2.24) is 5.32 Å². The largest absolute Gasteiger partial charge is 0.493 e. The van der Waals surface area contributed by atoms with Crippen LogP contribution in [0, 0.1) is 11.7 Å². The molecule has 1 saturated heterocycles. The molecule has 0 aromatic heterocycles. The number of hydrogen-bond donors (Lipinski definition) is 1. The smallest absolute Gasteiger partial charge is 0.127 e. The lowest BCUT2D eigenvalue weighted by atomic mass is 9.86. The second-order valence-electron chi connectivity index (χ2n) is 5.52. The van der Waals surface area contributed by atoms with E-state index in [9.17, 15) is 4.39 Å². The van der Waals surface area contributed by atoms with Crippen molar-refractivity contribution in [2.24, 2.45) is 5.92 Å². The van der Waals surface area contributed by atoms with E-state index in [0.717, 1.165) is 31.7 Å². The Hall–Kier alpha value is -1.09. The van der Waals surface area contributed by atoms with Gasteiger partial charge in [-0.3, -0.25) is 0 Å². The van der Waals surface area contributed by atoms with Gasteiger partial charge < -0.3 is 10.1 Å². The lowest BCUT2D eigenvalue weighted by Gasteiger charge is -2.25. The van der Waals surface area contributed by atoms with E-state index < -0.39 is 0 Å². The maximum Gasteiger partial charge on any atom is 0.127 e. The minimum absolute atomic E-state index is 0.178. The van der Waals surface area contributed by atoms with E-state index >= 15 is 0 Å². The second kappa shape index (κ2) is 5.27. The van der Waals surface area contributed by atoms with E-state index in [1.807, 2.05) is 6.07 Å². The molecular weight excluding hydrogens is 229 g/mol. The van der Waals surface area contributed by atoms with E-state index in [-0.39, 0.29) is 5.82 Å². The number of rotatable bonds is 4. The fourth-order valence-electron chi connectivity index (χ4n) is 2.72. The van der Waals surface area contributed by atoms with Gasteiger partial charge in [0.1, 0.15) is 11.6 Å². The molecule has 2 fully saturated rings. The van der Waals surface area contributed by atoms with Crippen LogP contribution in [-0.2, 0) is 0 Å². The summed E-state index contributed by atoms with van der Waals surface area (Å²) in [5, 5.41) is 3.31. The Morgan fingerprint density at radius 3 is 2.78 bits per heavy atom. The fourth-order valence-corrected chi connectivity index (χ4v) is 2.72. The molecule has 1 heterocycles. The number of hydrogen-bond acceptors (Lipinski definition) is 2. The van der Waals surface area contributed by atoms with Gasteiger partial charge in [0.15, 0.2) is 0 Å². The molecular formula is C15H20FNO. The van der Waals surface area contributed by atoms with Crippen LogP contribution < -0.4 is 10.1 Å². The third-order valence-electron chi connectivity index (χ3n) is 4.14. The topological polar surface area (TPSA) is 21.3 Å². The van der Waals surface area contributed by atoms with Crippen molar-refractivity contribution in [3.63, 3.8) is 0 Å². The van der Waals surface area contributed by atoms with Crippen LogP contribution in [0.5, 0.6) is 5.75 Å². The molecule has 1 aliphatic heterocycles. The van der Waals surface area contributed by atoms with Gasteiger partial charge in [-0.15, -0.1) is 0 Å². The Labute approximate surface area is 108 Å². The van der Waals surface area contributed by atoms with Crippen molar-refractivity contribution in [2.75, 3.05) is 19.7 Å². The van der Waals surface area contributed by atoms with E-state index in [0.29, 0.717) is 17.6 Å². The summed E-state index contributed by atoms with van der Waals surface area (Å²) in [4.78, 5) is 0. The molecule has 1 aromatic rings. The number of ether oxygens (including phenoxy) is 1. The van der Waals surface area contributed by atoms with Gasteiger partial charge in [0.05, 0.1) is 6.61 Å². The Balaban J connectivity index is 1.68. The summed E-state index contributed by atoms with van der Waals surface area (Å²) >= 11 is 0. The second-order valence-corrected chi connectivity index (χ2v) is 5.52. The Morgan fingerprint density at radius 1 is 1.22 bits per heavy atom. The standard InChI is InChI=1S/C15H20FNO/c16-14-6-13(12-4-5-17-9-12)7-15(8-14)18-10-11-2-1-3-11/h6-8,11-12,17H,1-5,9-10H2. The summed E-state index contributed by atoms with van der Waals surface area (Å²) in [7, 11) is 0. The first kappa shape index (κ1) is 12.0. The molecule has 3 rings (SSSR count). The summed E-state index contributed by atoms with van der Waals surface area (Å²) < 4.78 is 19.3. The quantitative estimate of drug-likeness (QED) is 0.885. The summed E-state index contributed by atoms with van der Waals surface area (Å²) in [6.45, 7) is 2.72. The normalized spacial score (nSPS) is 23.9. The highest BCUT2D eigenvalue weighted by atomic mass is 19.1. The minimum Gasteiger partial charge on any atom is -0.493 e. The van der Waals surface area contributed by atoms with Gasteiger partial charge in [-0.25, -0.2) is 4.39 Å². The molecule has 0 radical (unpaired) electrons. The maximum absolute atomic E-state index is 13.6. The number of halogens is 1. The first-order valence-corrected chi connectivity index (χ1v) is 6.95. The minimum atomic E-state index is -0.178. The van der Waals surface area contributed by atoms with Crippen molar-refractivity contribution >= 4 is 0 Å². The van der Waals surface area contributed by atoms with E-state index in [1.165, 1.54) is 25.3 Å². The highest BCUT2D eigenvalue weighted by Crippen LogP contribution is 2.30. The summed E-state index contributed by atoms with van der Waals surface area (Å²) in [6.07, 6.45) is 4.92. The highest BCUT2D eigenvalue weighted by molar-refractivity contribution is 5.32. The fraction of sp³-hybridized carbons (Fsp3) is 0.600. The molecule has 0 amide bonds. The van der Waals surface area contributed by atoms with Crippen LogP contribution in [0.25, 0.3) is 0 Å². The summed E-state index contributed by atoms with van der Waals surface area (Å²) in [5.41, 5.74) is 1.07. The first-order valence-electron chi connectivity index (χ1n) is 6.95. The molecule has 2 nitrogen and oxygen atoms in total. The molecule has 0 bridgehead atoms. The van der Waals surface area contributed by atoms with Crippen LogP contribution in [0.15, 0.2) is 18.2 Å². The van der Waals surface area contributed by atoms with Crippen molar-refractivity contribution in [2.45, 2.75) is 31.6 Å². The zero-order valence-corrected chi connectivity index (χ0v) is 10.6. The van der Waals surface area contributed by atoms with Crippen LogP contribution in [-0.4, -0.2) is 19.7 Å². The van der Waals surface area contributed by atoms with Crippen molar-refractivity contribution in [3.8, 4) is 5.75 Å². The third-order valence-corrected chi connectivity index (χ3v) is 4.14. The Kier molecular flexibility index (Phi) is 3.50.